The van der Waals surface area contributed by atoms with E-state index in [1.807, 2.05) is 20.1 Å². The first kappa shape index (κ1) is 19.4. The van der Waals surface area contributed by atoms with Gasteiger partial charge in [0.25, 0.3) is 0 Å². The Kier molecular flexibility index (Phi) is 3.70. The van der Waals surface area contributed by atoms with Gasteiger partial charge in [-0.05, 0) is 70.7 Å². The maximum Gasteiger partial charge on any atom is 0.165 e. The van der Waals surface area contributed by atoms with Crippen LogP contribution in [0.4, 0.5) is 0 Å². The van der Waals surface area contributed by atoms with Gasteiger partial charge in [-0.3, -0.25) is 0 Å². The SMILES string of the molecule is CCCC(C)(O)C1C[C@]23CCC1(OC)C1Oc4c(O)ccc5c4[C@@]12CCN(C)[C@@H]3C5. The van der Waals surface area contributed by atoms with E-state index in [-0.39, 0.29) is 28.6 Å². The van der Waals surface area contributed by atoms with Gasteiger partial charge in [0, 0.05) is 35.5 Å². The number of methoxy groups -OCH3 is 1. The molecule has 0 aromatic heterocycles. The fourth-order valence-electron chi connectivity index (χ4n) is 9.09. The molecule has 7 rings (SSSR count). The molecule has 0 radical (unpaired) electrons. The van der Waals surface area contributed by atoms with Gasteiger partial charge in [-0.25, -0.2) is 0 Å². The number of phenolic OH excluding ortho intramolecular Hbond substituents is 1. The van der Waals surface area contributed by atoms with Gasteiger partial charge in [0.1, 0.15) is 11.7 Å². The minimum atomic E-state index is -0.798. The smallest absolute Gasteiger partial charge is 0.165 e. The molecule has 2 aliphatic heterocycles. The van der Waals surface area contributed by atoms with Gasteiger partial charge in [-0.15, -0.1) is 0 Å². The highest BCUT2D eigenvalue weighted by molar-refractivity contribution is 5.63. The summed E-state index contributed by atoms with van der Waals surface area (Å²) in [6.45, 7) is 5.19. The first-order chi connectivity index (χ1) is 14.3. The molecular weight excluding hydrogens is 378 g/mol. The Balaban J connectivity index is 1.64. The molecule has 164 valence electrons. The molecule has 5 heteroatoms. The van der Waals surface area contributed by atoms with E-state index in [0.717, 1.165) is 51.5 Å². The van der Waals surface area contributed by atoms with Crippen LogP contribution in [0.3, 0.4) is 0 Å². The number of hydrogen-bond donors (Lipinski definition) is 2. The lowest BCUT2D eigenvalue weighted by Crippen LogP contribution is -2.82. The van der Waals surface area contributed by atoms with E-state index in [2.05, 4.69) is 24.9 Å². The summed E-state index contributed by atoms with van der Waals surface area (Å²) >= 11 is 0. The maximum absolute atomic E-state index is 11.7. The number of aromatic hydroxyl groups is 1. The van der Waals surface area contributed by atoms with Crippen LogP contribution in [-0.2, 0) is 16.6 Å². The number of nitrogens with zero attached hydrogens (tertiary/aromatic N) is 1. The number of likely N-dealkylation sites (tertiary alicyclic amines) is 1. The van der Waals surface area contributed by atoms with Crippen molar-refractivity contribution >= 4 is 0 Å². The largest absolute Gasteiger partial charge is 0.504 e. The summed E-state index contributed by atoms with van der Waals surface area (Å²) in [6, 6.07) is 4.37. The highest BCUT2D eigenvalue weighted by Crippen LogP contribution is 2.77. The second-order valence-electron chi connectivity index (χ2n) is 11.0. The van der Waals surface area contributed by atoms with Crippen LogP contribution in [0.15, 0.2) is 12.1 Å². The number of likely N-dealkylation sites (N-methyl/N-ethyl adjacent to an activating group) is 1. The summed E-state index contributed by atoms with van der Waals surface area (Å²) in [7, 11) is 4.09. The highest BCUT2D eigenvalue weighted by Gasteiger charge is 2.81. The average Bonchev–Trinajstić information content (AvgIpc) is 3.09. The molecule has 2 N–H and O–H groups in total. The fraction of sp³-hybridized carbons (Fsp3) is 0.760. The second-order valence-corrected chi connectivity index (χ2v) is 11.0. The Morgan fingerprint density at radius 3 is 2.83 bits per heavy atom. The van der Waals surface area contributed by atoms with E-state index in [1.165, 1.54) is 11.1 Å². The molecular formula is C25H35NO4. The zero-order chi connectivity index (χ0) is 21.1. The van der Waals surface area contributed by atoms with Crippen molar-refractivity contribution in [1.82, 2.24) is 4.90 Å². The van der Waals surface area contributed by atoms with Gasteiger partial charge in [-0.1, -0.05) is 19.4 Å². The Morgan fingerprint density at radius 1 is 1.30 bits per heavy atom. The summed E-state index contributed by atoms with van der Waals surface area (Å²) in [5.41, 5.74) is 1.21. The summed E-state index contributed by atoms with van der Waals surface area (Å²) in [5.74, 6) is 0.977. The third kappa shape index (κ3) is 1.85. The number of aliphatic hydroxyl groups is 1. The lowest BCUT2D eigenvalue weighted by atomic mass is 9.33. The maximum atomic E-state index is 11.7. The van der Waals surface area contributed by atoms with Gasteiger partial charge in [0.2, 0.25) is 0 Å². The Hall–Kier alpha value is -1.30. The number of ether oxygens (including phenoxy) is 2. The molecule has 3 saturated carbocycles. The number of benzene rings is 1. The second kappa shape index (κ2) is 5.73. The zero-order valence-electron chi connectivity index (χ0n) is 18.7. The number of hydrogen-bond acceptors (Lipinski definition) is 5. The van der Waals surface area contributed by atoms with Crippen molar-refractivity contribution in [3.8, 4) is 11.5 Å². The molecule has 1 aromatic carbocycles. The number of fused-ring (bicyclic) bond motifs is 2. The minimum Gasteiger partial charge on any atom is -0.504 e. The van der Waals surface area contributed by atoms with E-state index < -0.39 is 11.2 Å². The lowest BCUT2D eigenvalue weighted by molar-refractivity contribution is -0.301. The summed E-state index contributed by atoms with van der Waals surface area (Å²) < 4.78 is 13.2. The van der Waals surface area contributed by atoms with Crippen molar-refractivity contribution in [3.05, 3.63) is 23.3 Å². The van der Waals surface area contributed by atoms with E-state index in [9.17, 15) is 10.2 Å². The molecule has 4 fully saturated rings. The molecule has 2 spiro atoms. The molecule has 5 nitrogen and oxygen atoms in total. The first-order valence-corrected chi connectivity index (χ1v) is 11.8. The molecule has 4 unspecified atom stereocenters. The van der Waals surface area contributed by atoms with E-state index in [4.69, 9.17) is 9.47 Å². The van der Waals surface area contributed by atoms with Gasteiger partial charge in [0.15, 0.2) is 11.5 Å². The third-order valence-corrected chi connectivity index (χ3v) is 10.1. The minimum absolute atomic E-state index is 0.0221. The number of phenols is 1. The first-order valence-electron chi connectivity index (χ1n) is 11.8. The molecule has 4 aliphatic carbocycles. The van der Waals surface area contributed by atoms with E-state index in [0.29, 0.717) is 11.8 Å². The van der Waals surface area contributed by atoms with Gasteiger partial charge in [-0.2, -0.15) is 0 Å². The predicted octanol–water partition coefficient (Wildman–Crippen LogP) is 3.39. The predicted molar refractivity (Wildman–Crippen MR) is 114 cm³/mol. The van der Waals surface area contributed by atoms with E-state index in [1.54, 1.807) is 0 Å². The van der Waals surface area contributed by atoms with Crippen molar-refractivity contribution in [2.75, 3.05) is 20.7 Å². The highest BCUT2D eigenvalue weighted by atomic mass is 16.6. The summed E-state index contributed by atoms with van der Waals surface area (Å²) in [6.07, 6.45) is 6.57. The van der Waals surface area contributed by atoms with Crippen LogP contribution in [0.2, 0.25) is 0 Å². The Morgan fingerprint density at radius 2 is 2.10 bits per heavy atom. The molecule has 4 bridgehead atoms. The Labute approximate surface area is 179 Å². The monoisotopic (exact) mass is 413 g/mol. The van der Waals surface area contributed by atoms with Crippen LogP contribution in [0.25, 0.3) is 0 Å². The molecule has 2 heterocycles. The standard InChI is InChI=1S/C25H35NO4/c1-5-8-22(2,28)17-14-23-9-10-25(17,29-4)21-24(23)11-12-26(3)18(23)13-15-6-7-16(27)20(30-21)19(15)24/h6-7,17-18,21,27-28H,5,8-14H2,1-4H3/t17?,18-,21?,22?,23+,24+,25?/m1/s1. The third-order valence-electron chi connectivity index (χ3n) is 10.1. The molecule has 7 atom stereocenters. The quantitative estimate of drug-likeness (QED) is 0.792. The number of rotatable bonds is 4. The van der Waals surface area contributed by atoms with Gasteiger partial charge in [0.05, 0.1) is 5.60 Å². The normalized spacial score (nSPS) is 45.0. The van der Waals surface area contributed by atoms with Crippen molar-refractivity contribution in [2.45, 2.75) is 87.6 Å². The molecule has 1 aromatic rings. The topological polar surface area (TPSA) is 62.2 Å². The van der Waals surface area contributed by atoms with Crippen molar-refractivity contribution < 1.29 is 19.7 Å². The number of piperidine rings is 1. The van der Waals surface area contributed by atoms with Crippen LogP contribution in [-0.4, -0.2) is 59.2 Å². The zero-order valence-corrected chi connectivity index (χ0v) is 18.7. The van der Waals surface area contributed by atoms with Crippen molar-refractivity contribution in [3.63, 3.8) is 0 Å². The Bertz CT molecular complexity index is 915. The molecule has 1 saturated heterocycles. The van der Waals surface area contributed by atoms with Crippen molar-refractivity contribution in [2.24, 2.45) is 11.3 Å². The van der Waals surface area contributed by atoms with E-state index >= 15 is 0 Å². The average molecular weight is 414 g/mol. The molecule has 0 amide bonds. The summed E-state index contributed by atoms with van der Waals surface area (Å²) in [5, 5.41) is 22.5. The summed E-state index contributed by atoms with van der Waals surface area (Å²) in [4.78, 5) is 2.56. The van der Waals surface area contributed by atoms with Crippen molar-refractivity contribution in [1.29, 1.82) is 0 Å². The van der Waals surface area contributed by atoms with Crippen LogP contribution in [0.5, 0.6) is 11.5 Å². The van der Waals surface area contributed by atoms with Gasteiger partial charge < -0.3 is 24.6 Å². The van der Waals surface area contributed by atoms with Crippen LogP contribution >= 0.6 is 0 Å². The van der Waals surface area contributed by atoms with Crippen LogP contribution < -0.4 is 4.74 Å². The van der Waals surface area contributed by atoms with Gasteiger partial charge >= 0.3 is 0 Å². The fourth-order valence-corrected chi connectivity index (χ4v) is 9.09. The van der Waals surface area contributed by atoms with Crippen LogP contribution in [0, 0.1) is 11.3 Å². The molecule has 30 heavy (non-hydrogen) atoms. The lowest BCUT2D eigenvalue weighted by Gasteiger charge is -2.74. The molecule has 6 aliphatic rings. The van der Waals surface area contributed by atoms with Crippen LogP contribution in [0.1, 0.15) is 63.5 Å².